The molecule has 2 N–H and O–H groups in total. The van der Waals surface area contributed by atoms with Crippen LogP contribution in [-0.2, 0) is 0 Å². The molecule has 0 saturated carbocycles. The summed E-state index contributed by atoms with van der Waals surface area (Å²) in [6.07, 6.45) is -1.58. The first-order valence-electron chi connectivity index (χ1n) is 17.6. The summed E-state index contributed by atoms with van der Waals surface area (Å²) >= 11 is 0. The molecule has 0 aliphatic carbocycles. The molecule has 0 aromatic heterocycles. The van der Waals surface area contributed by atoms with Crippen LogP contribution < -0.4 is 18.9 Å². The van der Waals surface area contributed by atoms with Crippen molar-refractivity contribution >= 4 is 0 Å². The number of aryl methyl sites for hydroxylation is 4. The third-order valence-corrected chi connectivity index (χ3v) is 8.90. The van der Waals surface area contributed by atoms with E-state index in [4.69, 9.17) is 18.9 Å². The van der Waals surface area contributed by atoms with E-state index in [9.17, 15) is 10.2 Å². The van der Waals surface area contributed by atoms with Gasteiger partial charge in [-0.05, 0) is 132 Å². The Kier molecular flexibility index (Phi) is 11.9. The number of aliphatic hydroxyl groups excluding tert-OH is 2. The molecule has 0 fully saturated rings. The maximum atomic E-state index is 10.6. The average molecular weight is 695 g/mol. The first-order valence-corrected chi connectivity index (χ1v) is 17.6. The van der Waals surface area contributed by atoms with Gasteiger partial charge in [-0.15, -0.1) is 0 Å². The van der Waals surface area contributed by atoms with E-state index in [1.807, 2.05) is 113 Å². The third kappa shape index (κ3) is 9.40. The zero-order valence-corrected chi connectivity index (χ0v) is 30.2. The number of hydrogen-bond donors (Lipinski definition) is 2. The van der Waals surface area contributed by atoms with Gasteiger partial charge in [0.15, 0.2) is 0 Å². The minimum atomic E-state index is -0.790. The Morgan fingerprint density at radius 1 is 0.365 bits per heavy atom. The Hall–Kier alpha value is -5.56. The maximum Gasteiger partial charge on any atom is 0.125 e. The SMILES string of the molecule is Cc1cc(-c2cc(C)c(OCC(O)COc3ccc(-c4ccccc4)cc3)c(C)c2)cc(C)c1OCC(O)COc1ccc(-c2ccccc2)cc1. The fourth-order valence-corrected chi connectivity index (χ4v) is 6.28. The van der Waals surface area contributed by atoms with Crippen LogP contribution in [0.15, 0.2) is 133 Å². The summed E-state index contributed by atoms with van der Waals surface area (Å²) in [6, 6.07) is 44.5. The van der Waals surface area contributed by atoms with Crippen molar-refractivity contribution in [1.82, 2.24) is 0 Å². The maximum absolute atomic E-state index is 10.6. The van der Waals surface area contributed by atoms with Gasteiger partial charge in [0.05, 0.1) is 0 Å². The molecule has 6 nitrogen and oxygen atoms in total. The van der Waals surface area contributed by atoms with Gasteiger partial charge in [0, 0.05) is 0 Å². The molecule has 6 rings (SSSR count). The molecule has 6 heteroatoms. The molecule has 0 bridgehead atoms. The largest absolute Gasteiger partial charge is 0.491 e. The van der Waals surface area contributed by atoms with Crippen LogP contribution in [0, 0.1) is 27.7 Å². The molecule has 0 spiro atoms. The monoisotopic (exact) mass is 694 g/mol. The van der Waals surface area contributed by atoms with Crippen molar-refractivity contribution in [2.24, 2.45) is 0 Å². The second-order valence-corrected chi connectivity index (χ2v) is 13.2. The summed E-state index contributed by atoms with van der Waals surface area (Å²) in [5.41, 5.74) is 10.6. The van der Waals surface area contributed by atoms with Crippen molar-refractivity contribution in [3.05, 3.63) is 156 Å². The van der Waals surface area contributed by atoms with Crippen LogP contribution >= 0.6 is 0 Å². The molecule has 0 saturated heterocycles. The smallest absolute Gasteiger partial charge is 0.125 e. The van der Waals surface area contributed by atoms with Gasteiger partial charge in [-0.3, -0.25) is 0 Å². The zero-order chi connectivity index (χ0) is 36.5. The molecule has 2 unspecified atom stereocenters. The fraction of sp³-hybridized carbons (Fsp3) is 0.217. The summed E-state index contributed by atoms with van der Waals surface area (Å²) in [4.78, 5) is 0. The Bertz CT molecular complexity index is 1840. The van der Waals surface area contributed by atoms with Crippen LogP contribution in [0.3, 0.4) is 0 Å². The molecule has 52 heavy (non-hydrogen) atoms. The van der Waals surface area contributed by atoms with Crippen molar-refractivity contribution in [1.29, 1.82) is 0 Å². The Morgan fingerprint density at radius 3 is 0.981 bits per heavy atom. The van der Waals surface area contributed by atoms with Gasteiger partial charge < -0.3 is 29.2 Å². The molecule has 0 aliphatic heterocycles. The van der Waals surface area contributed by atoms with E-state index in [1.165, 1.54) is 0 Å². The van der Waals surface area contributed by atoms with Crippen molar-refractivity contribution in [2.45, 2.75) is 39.9 Å². The standard InChI is InChI=1S/C46H46O6/c1-31-23-39(24-32(2)45(31)51-29-41(47)27-49-43-19-15-37(16-20-43)35-11-7-5-8-12-35)40-25-33(3)46(34(4)26-40)52-30-42(48)28-50-44-21-17-38(18-22-44)36-13-9-6-10-14-36/h5-26,41-42,47-48H,27-30H2,1-4H3. The molecule has 6 aromatic carbocycles. The van der Waals surface area contributed by atoms with Gasteiger partial charge in [-0.2, -0.15) is 0 Å². The zero-order valence-electron chi connectivity index (χ0n) is 30.2. The molecule has 0 radical (unpaired) electrons. The quantitative estimate of drug-likeness (QED) is 0.112. The number of rotatable bonds is 15. The molecule has 0 amide bonds. The van der Waals surface area contributed by atoms with Gasteiger partial charge in [0.2, 0.25) is 0 Å². The molecule has 0 aliphatic rings. The lowest BCUT2D eigenvalue weighted by Crippen LogP contribution is -2.25. The summed E-state index contributed by atoms with van der Waals surface area (Å²) < 4.78 is 23.9. The van der Waals surface area contributed by atoms with E-state index in [0.717, 1.165) is 67.1 Å². The second-order valence-electron chi connectivity index (χ2n) is 13.2. The third-order valence-electron chi connectivity index (χ3n) is 8.90. The van der Waals surface area contributed by atoms with Crippen molar-refractivity contribution in [3.63, 3.8) is 0 Å². The fourth-order valence-electron chi connectivity index (χ4n) is 6.28. The second kappa shape index (κ2) is 17.1. The van der Waals surface area contributed by atoms with E-state index >= 15 is 0 Å². The van der Waals surface area contributed by atoms with Gasteiger partial charge in [-0.1, -0.05) is 84.9 Å². The van der Waals surface area contributed by atoms with Gasteiger partial charge in [0.25, 0.3) is 0 Å². The van der Waals surface area contributed by atoms with Gasteiger partial charge >= 0.3 is 0 Å². The molecule has 2 atom stereocenters. The average Bonchev–Trinajstić information content (AvgIpc) is 3.16. The highest BCUT2D eigenvalue weighted by atomic mass is 16.5. The summed E-state index contributed by atoms with van der Waals surface area (Å²) in [5, 5.41) is 21.3. The number of benzene rings is 6. The van der Waals surface area contributed by atoms with Gasteiger partial charge in [-0.25, -0.2) is 0 Å². The topological polar surface area (TPSA) is 77.4 Å². The van der Waals surface area contributed by atoms with Crippen LogP contribution in [0.4, 0.5) is 0 Å². The predicted molar refractivity (Wildman–Crippen MR) is 209 cm³/mol. The van der Waals surface area contributed by atoms with Crippen LogP contribution in [0.5, 0.6) is 23.0 Å². The highest BCUT2D eigenvalue weighted by molar-refractivity contribution is 5.70. The number of ether oxygens (including phenoxy) is 4. The normalized spacial score (nSPS) is 12.2. The lowest BCUT2D eigenvalue weighted by molar-refractivity contribution is 0.0621. The minimum Gasteiger partial charge on any atom is -0.491 e. The van der Waals surface area contributed by atoms with E-state index in [1.54, 1.807) is 0 Å². The summed E-state index contributed by atoms with van der Waals surface area (Å²) in [5.74, 6) is 2.91. The van der Waals surface area contributed by atoms with E-state index < -0.39 is 12.2 Å². The lowest BCUT2D eigenvalue weighted by Gasteiger charge is -2.19. The van der Waals surface area contributed by atoms with Crippen LogP contribution in [0.25, 0.3) is 33.4 Å². The Balaban J connectivity index is 0.988. The Labute approximate surface area is 306 Å². The Morgan fingerprint density at radius 2 is 0.654 bits per heavy atom. The lowest BCUT2D eigenvalue weighted by atomic mass is 9.96. The summed E-state index contributed by atoms with van der Waals surface area (Å²) in [7, 11) is 0. The van der Waals surface area contributed by atoms with Crippen molar-refractivity contribution < 1.29 is 29.2 Å². The van der Waals surface area contributed by atoms with Crippen LogP contribution in [-0.4, -0.2) is 48.8 Å². The van der Waals surface area contributed by atoms with Crippen LogP contribution in [0.2, 0.25) is 0 Å². The molecular formula is C46H46O6. The van der Waals surface area contributed by atoms with E-state index in [0.29, 0.717) is 11.5 Å². The predicted octanol–water partition coefficient (Wildman–Crippen LogP) is 9.56. The summed E-state index contributed by atoms with van der Waals surface area (Å²) in [6.45, 7) is 8.54. The highest BCUT2D eigenvalue weighted by Crippen LogP contribution is 2.34. The molecule has 0 heterocycles. The number of hydrogen-bond acceptors (Lipinski definition) is 6. The molecule has 6 aromatic rings. The van der Waals surface area contributed by atoms with Crippen molar-refractivity contribution in [2.75, 3.05) is 26.4 Å². The highest BCUT2D eigenvalue weighted by Gasteiger charge is 2.15. The molecule has 266 valence electrons. The van der Waals surface area contributed by atoms with Crippen molar-refractivity contribution in [3.8, 4) is 56.4 Å². The first-order chi connectivity index (χ1) is 25.2. The van der Waals surface area contributed by atoms with Crippen LogP contribution in [0.1, 0.15) is 22.3 Å². The minimum absolute atomic E-state index is 0.116. The van der Waals surface area contributed by atoms with Gasteiger partial charge in [0.1, 0.15) is 61.6 Å². The molecular weight excluding hydrogens is 648 g/mol. The van der Waals surface area contributed by atoms with E-state index in [-0.39, 0.29) is 26.4 Å². The first kappa shape index (κ1) is 36.2. The number of aliphatic hydroxyl groups is 2. The van der Waals surface area contributed by atoms with E-state index in [2.05, 4.69) is 48.5 Å².